The van der Waals surface area contributed by atoms with Gasteiger partial charge in [0.2, 0.25) is 0 Å². The molecular formula is C17H21NO2S. The minimum absolute atomic E-state index is 0.144. The Hall–Kier alpha value is -1.68. The van der Waals surface area contributed by atoms with Gasteiger partial charge >= 0.3 is 5.97 Å². The van der Waals surface area contributed by atoms with E-state index in [9.17, 15) is 4.79 Å². The molecule has 0 spiro atoms. The second-order valence-electron chi connectivity index (χ2n) is 5.22. The molecule has 0 amide bonds. The predicted molar refractivity (Wildman–Crippen MR) is 86.4 cm³/mol. The highest BCUT2D eigenvalue weighted by Gasteiger charge is 2.18. The van der Waals surface area contributed by atoms with Crippen LogP contribution in [-0.2, 0) is 9.53 Å². The molecule has 112 valence electrons. The summed E-state index contributed by atoms with van der Waals surface area (Å²) in [6.07, 6.45) is 1.04. The molecule has 1 aromatic heterocycles. The van der Waals surface area contributed by atoms with Gasteiger partial charge in [0.1, 0.15) is 11.1 Å². The molecule has 0 aliphatic heterocycles. The van der Waals surface area contributed by atoms with E-state index in [2.05, 4.69) is 30.1 Å². The molecule has 0 aliphatic rings. The zero-order valence-corrected chi connectivity index (χ0v) is 13.8. The van der Waals surface area contributed by atoms with Gasteiger partial charge in [0.25, 0.3) is 0 Å². The maximum absolute atomic E-state index is 11.6. The summed E-state index contributed by atoms with van der Waals surface area (Å²) < 4.78 is 5.46. The Balaban J connectivity index is 2.21. The highest BCUT2D eigenvalue weighted by molar-refractivity contribution is 7.15. The number of carbonyl (C=O) groups excluding carboxylic acids is 1. The summed E-state index contributed by atoms with van der Waals surface area (Å²) in [5.74, 6) is -0.144. The second-order valence-corrected chi connectivity index (χ2v) is 6.25. The van der Waals surface area contributed by atoms with E-state index in [0.29, 0.717) is 6.42 Å². The topological polar surface area (TPSA) is 39.2 Å². The Morgan fingerprint density at radius 2 is 2.14 bits per heavy atom. The lowest BCUT2D eigenvalue weighted by atomic mass is 10.1. The van der Waals surface area contributed by atoms with Crippen LogP contribution in [0.5, 0.6) is 0 Å². The van der Waals surface area contributed by atoms with Crippen LogP contribution in [0, 0.1) is 13.8 Å². The fourth-order valence-corrected chi connectivity index (χ4v) is 3.24. The number of rotatable bonds is 5. The summed E-state index contributed by atoms with van der Waals surface area (Å²) in [6.45, 7) is 7.92. The Labute approximate surface area is 130 Å². The van der Waals surface area contributed by atoms with Crippen LogP contribution in [0.15, 0.2) is 24.3 Å². The van der Waals surface area contributed by atoms with Crippen LogP contribution >= 0.6 is 11.3 Å². The van der Waals surface area contributed by atoms with E-state index in [0.717, 1.165) is 27.6 Å². The molecule has 0 unspecified atom stereocenters. The summed E-state index contributed by atoms with van der Waals surface area (Å²) in [5.41, 5.74) is 3.26. The smallest absolute Gasteiger partial charge is 0.306 e. The number of esters is 1. The van der Waals surface area contributed by atoms with Crippen molar-refractivity contribution in [3.8, 4) is 10.6 Å². The Kier molecular flexibility index (Phi) is 5.12. The number of hydrogen-bond donors (Lipinski definition) is 0. The van der Waals surface area contributed by atoms with E-state index in [4.69, 9.17) is 4.74 Å². The first-order valence-electron chi connectivity index (χ1n) is 7.25. The minimum atomic E-state index is -0.236. The van der Waals surface area contributed by atoms with Crippen LogP contribution < -0.4 is 0 Å². The first kappa shape index (κ1) is 15.7. The van der Waals surface area contributed by atoms with E-state index in [1.807, 2.05) is 26.8 Å². The van der Waals surface area contributed by atoms with Gasteiger partial charge in [0.05, 0.1) is 10.6 Å². The first-order chi connectivity index (χ1) is 10.0. The molecule has 1 aromatic carbocycles. The monoisotopic (exact) mass is 303 g/mol. The SMILES string of the molecule is CCCC(=O)O[C@H](C)c1sc(-c2cccc(C)c2)nc1C. The maximum atomic E-state index is 11.6. The summed E-state index contributed by atoms with van der Waals surface area (Å²) in [5, 5.41) is 0.976. The van der Waals surface area contributed by atoms with Gasteiger partial charge in [-0.15, -0.1) is 11.3 Å². The molecule has 0 saturated heterocycles. The molecule has 0 bridgehead atoms. The number of hydrogen-bond acceptors (Lipinski definition) is 4. The lowest BCUT2D eigenvalue weighted by Crippen LogP contribution is -2.07. The third kappa shape index (κ3) is 3.91. The third-order valence-corrected chi connectivity index (χ3v) is 4.60. The van der Waals surface area contributed by atoms with Gasteiger partial charge < -0.3 is 4.74 Å². The molecule has 0 N–H and O–H groups in total. The summed E-state index contributed by atoms with van der Waals surface area (Å²) >= 11 is 1.60. The molecule has 2 rings (SSSR count). The van der Waals surface area contributed by atoms with Crippen molar-refractivity contribution in [1.29, 1.82) is 0 Å². The first-order valence-corrected chi connectivity index (χ1v) is 8.06. The largest absolute Gasteiger partial charge is 0.457 e. The van der Waals surface area contributed by atoms with Gasteiger partial charge in [0.15, 0.2) is 0 Å². The molecule has 2 aromatic rings. The Morgan fingerprint density at radius 3 is 2.81 bits per heavy atom. The Morgan fingerprint density at radius 1 is 1.38 bits per heavy atom. The van der Waals surface area contributed by atoms with Crippen LogP contribution in [-0.4, -0.2) is 11.0 Å². The predicted octanol–water partition coefficient (Wildman–Crippen LogP) is 4.83. The van der Waals surface area contributed by atoms with Crippen LogP contribution in [0.2, 0.25) is 0 Å². The fraction of sp³-hybridized carbons (Fsp3) is 0.412. The quantitative estimate of drug-likeness (QED) is 0.743. The summed E-state index contributed by atoms with van der Waals surface area (Å²) in [4.78, 5) is 17.3. The van der Waals surface area contributed by atoms with Gasteiger partial charge in [-0.3, -0.25) is 4.79 Å². The number of nitrogens with zero attached hydrogens (tertiary/aromatic N) is 1. The number of aromatic nitrogens is 1. The van der Waals surface area contributed by atoms with Gasteiger partial charge in [-0.1, -0.05) is 30.7 Å². The minimum Gasteiger partial charge on any atom is -0.457 e. The lowest BCUT2D eigenvalue weighted by molar-refractivity contribution is -0.148. The van der Waals surface area contributed by atoms with Crippen molar-refractivity contribution in [3.05, 3.63) is 40.4 Å². The van der Waals surface area contributed by atoms with Crippen molar-refractivity contribution in [1.82, 2.24) is 4.98 Å². The van der Waals surface area contributed by atoms with Gasteiger partial charge in [0, 0.05) is 12.0 Å². The maximum Gasteiger partial charge on any atom is 0.306 e. The number of benzene rings is 1. The van der Waals surface area contributed by atoms with Crippen LogP contribution in [0.3, 0.4) is 0 Å². The van der Waals surface area contributed by atoms with Gasteiger partial charge in [-0.2, -0.15) is 0 Å². The summed E-state index contributed by atoms with van der Waals surface area (Å²) in [7, 11) is 0. The molecule has 4 heteroatoms. The second kappa shape index (κ2) is 6.85. The molecule has 21 heavy (non-hydrogen) atoms. The average molecular weight is 303 g/mol. The number of ether oxygens (including phenoxy) is 1. The molecule has 3 nitrogen and oxygen atoms in total. The number of carbonyl (C=O) groups is 1. The van der Waals surface area contributed by atoms with Crippen molar-refractivity contribution in [2.45, 2.75) is 46.6 Å². The third-order valence-electron chi connectivity index (χ3n) is 3.23. The van der Waals surface area contributed by atoms with Crippen LogP contribution in [0.25, 0.3) is 10.6 Å². The highest BCUT2D eigenvalue weighted by atomic mass is 32.1. The van der Waals surface area contributed by atoms with E-state index in [1.54, 1.807) is 11.3 Å². The highest BCUT2D eigenvalue weighted by Crippen LogP contribution is 2.33. The van der Waals surface area contributed by atoms with E-state index in [1.165, 1.54) is 5.56 Å². The standard InChI is InChI=1S/C17H21NO2S/c1-5-7-15(19)20-13(4)16-12(3)18-17(21-16)14-9-6-8-11(2)10-14/h6,8-10,13H,5,7H2,1-4H3/t13-/m1/s1. The van der Waals surface area contributed by atoms with Crippen molar-refractivity contribution in [2.24, 2.45) is 0 Å². The number of thiazole rings is 1. The Bertz CT molecular complexity index is 633. The van der Waals surface area contributed by atoms with E-state index >= 15 is 0 Å². The average Bonchev–Trinajstić information content (AvgIpc) is 2.81. The molecule has 0 fully saturated rings. The lowest BCUT2D eigenvalue weighted by Gasteiger charge is -2.11. The zero-order valence-electron chi connectivity index (χ0n) is 13.0. The molecular weight excluding hydrogens is 282 g/mol. The number of aryl methyl sites for hydroxylation is 2. The van der Waals surface area contributed by atoms with Crippen molar-refractivity contribution >= 4 is 17.3 Å². The van der Waals surface area contributed by atoms with Crippen molar-refractivity contribution < 1.29 is 9.53 Å². The van der Waals surface area contributed by atoms with Gasteiger partial charge in [-0.05, 0) is 33.3 Å². The molecule has 0 radical (unpaired) electrons. The van der Waals surface area contributed by atoms with Crippen molar-refractivity contribution in [2.75, 3.05) is 0 Å². The van der Waals surface area contributed by atoms with E-state index in [-0.39, 0.29) is 12.1 Å². The van der Waals surface area contributed by atoms with Crippen LogP contribution in [0.1, 0.15) is 48.9 Å². The molecule has 1 heterocycles. The fourth-order valence-electron chi connectivity index (χ4n) is 2.20. The zero-order chi connectivity index (χ0) is 15.4. The van der Waals surface area contributed by atoms with Crippen LogP contribution in [0.4, 0.5) is 0 Å². The van der Waals surface area contributed by atoms with E-state index < -0.39 is 0 Å². The van der Waals surface area contributed by atoms with Gasteiger partial charge in [-0.25, -0.2) is 4.98 Å². The molecule has 1 atom stereocenters. The summed E-state index contributed by atoms with van der Waals surface area (Å²) in [6, 6.07) is 8.28. The molecule has 0 aliphatic carbocycles. The molecule has 0 saturated carbocycles. The van der Waals surface area contributed by atoms with Crippen molar-refractivity contribution in [3.63, 3.8) is 0 Å². The normalized spacial score (nSPS) is 12.2.